The highest BCUT2D eigenvalue weighted by atomic mass is 19.4. The molecule has 2 amide bonds. The van der Waals surface area contributed by atoms with E-state index in [4.69, 9.17) is 5.73 Å². The molecule has 2 aromatic carbocycles. The molecule has 0 saturated carbocycles. The summed E-state index contributed by atoms with van der Waals surface area (Å²) < 4.78 is 39.5. The molecule has 0 bridgehead atoms. The van der Waals surface area contributed by atoms with Gasteiger partial charge < -0.3 is 10.6 Å². The predicted octanol–water partition coefficient (Wildman–Crippen LogP) is 2.37. The molecule has 8 heteroatoms. The second kappa shape index (κ2) is 6.62. The van der Waals surface area contributed by atoms with E-state index in [0.717, 1.165) is 17.0 Å². The highest BCUT2D eigenvalue weighted by molar-refractivity contribution is 6.40. The quantitative estimate of drug-likeness (QED) is 0.792. The van der Waals surface area contributed by atoms with Crippen LogP contribution in [0.1, 0.15) is 16.7 Å². The molecule has 1 aliphatic rings. The third-order valence-electron chi connectivity index (χ3n) is 3.97. The number of halogens is 3. The van der Waals surface area contributed by atoms with E-state index < -0.39 is 23.6 Å². The van der Waals surface area contributed by atoms with Crippen molar-refractivity contribution in [2.45, 2.75) is 6.18 Å². The summed E-state index contributed by atoms with van der Waals surface area (Å²) in [7, 11) is 0. The van der Waals surface area contributed by atoms with Gasteiger partial charge in [0.25, 0.3) is 0 Å². The lowest BCUT2D eigenvalue weighted by Crippen LogP contribution is -2.41. The molecule has 0 aromatic heterocycles. The Balaban J connectivity index is 2.21. The second-order valence-electron chi connectivity index (χ2n) is 5.65. The fraction of sp³-hybridized carbons (Fsp3) is 0.167. The minimum absolute atomic E-state index is 0.0382. The van der Waals surface area contributed by atoms with Gasteiger partial charge in [-0.25, -0.2) is 0 Å². The van der Waals surface area contributed by atoms with Crippen LogP contribution in [0.4, 0.5) is 18.9 Å². The molecule has 2 aromatic rings. The minimum Gasteiger partial charge on any atom is -0.361 e. The maximum atomic E-state index is 13.2. The molecule has 2 N–H and O–H groups in total. The summed E-state index contributed by atoms with van der Waals surface area (Å²) in [6, 6.07) is 11.7. The van der Waals surface area contributed by atoms with Crippen molar-refractivity contribution in [3.05, 3.63) is 65.2 Å². The number of anilines is 1. The molecular weight excluding hydrogens is 347 g/mol. The van der Waals surface area contributed by atoms with Crippen molar-refractivity contribution in [1.82, 2.24) is 0 Å². The van der Waals surface area contributed by atoms with Crippen molar-refractivity contribution in [2.75, 3.05) is 18.0 Å². The first-order chi connectivity index (χ1) is 12.3. The van der Waals surface area contributed by atoms with Crippen LogP contribution in [0.2, 0.25) is 0 Å². The van der Waals surface area contributed by atoms with E-state index in [-0.39, 0.29) is 24.3 Å². The van der Waals surface area contributed by atoms with Gasteiger partial charge in [0.15, 0.2) is 0 Å². The maximum absolute atomic E-state index is 13.2. The van der Waals surface area contributed by atoms with Crippen LogP contribution in [-0.2, 0) is 15.8 Å². The van der Waals surface area contributed by atoms with Crippen molar-refractivity contribution in [3.8, 4) is 0 Å². The van der Waals surface area contributed by atoms with Crippen LogP contribution in [0.5, 0.6) is 0 Å². The molecule has 0 spiro atoms. The number of carbonyl (C=O) groups is 2. The smallest absolute Gasteiger partial charge is 0.361 e. The lowest BCUT2D eigenvalue weighted by molar-refractivity contribution is -0.137. The van der Waals surface area contributed by atoms with Crippen LogP contribution in [0.15, 0.2) is 53.5 Å². The summed E-state index contributed by atoms with van der Waals surface area (Å²) >= 11 is 0. The van der Waals surface area contributed by atoms with Gasteiger partial charge in [-0.05, 0) is 18.2 Å². The van der Waals surface area contributed by atoms with E-state index in [1.165, 1.54) is 6.07 Å². The van der Waals surface area contributed by atoms with Crippen LogP contribution in [0.25, 0.3) is 0 Å². The van der Waals surface area contributed by atoms with Gasteiger partial charge in [0.2, 0.25) is 0 Å². The molecule has 1 aliphatic heterocycles. The van der Waals surface area contributed by atoms with Crippen molar-refractivity contribution >= 4 is 23.2 Å². The first-order valence-electron chi connectivity index (χ1n) is 7.72. The fourth-order valence-corrected chi connectivity index (χ4v) is 2.79. The Morgan fingerprint density at radius 2 is 1.77 bits per heavy atom. The van der Waals surface area contributed by atoms with Gasteiger partial charge >= 0.3 is 18.0 Å². The molecule has 0 fully saturated rings. The third kappa shape index (κ3) is 3.30. The average Bonchev–Trinajstić information content (AvgIpc) is 2.80. The number of hydrogen-bond donors (Lipinski definition) is 1. The summed E-state index contributed by atoms with van der Waals surface area (Å²) in [6.45, 7) is 0.162. The van der Waals surface area contributed by atoms with Gasteiger partial charge in [0, 0.05) is 17.7 Å². The van der Waals surface area contributed by atoms with E-state index in [9.17, 15) is 22.8 Å². The number of nitrogens with zero attached hydrogens (tertiary/aromatic N) is 2. The van der Waals surface area contributed by atoms with Crippen LogP contribution in [0, 0.1) is 0 Å². The lowest BCUT2D eigenvalue weighted by Gasteiger charge is -2.22. The Labute approximate surface area is 146 Å². The van der Waals surface area contributed by atoms with Crippen LogP contribution in [-0.4, -0.2) is 30.6 Å². The van der Waals surface area contributed by atoms with Gasteiger partial charge in [-0.3, -0.25) is 14.6 Å². The normalized spacial score (nSPS) is 14.3. The van der Waals surface area contributed by atoms with E-state index in [2.05, 4.69) is 4.99 Å². The van der Waals surface area contributed by atoms with Gasteiger partial charge in [-0.1, -0.05) is 30.3 Å². The highest BCUT2D eigenvalue weighted by Crippen LogP contribution is 2.35. The maximum Gasteiger partial charge on any atom is 0.416 e. The zero-order valence-electron chi connectivity index (χ0n) is 13.5. The highest BCUT2D eigenvalue weighted by Gasteiger charge is 2.34. The van der Waals surface area contributed by atoms with E-state index in [1.54, 1.807) is 30.3 Å². The van der Waals surface area contributed by atoms with E-state index >= 15 is 0 Å². The summed E-state index contributed by atoms with van der Waals surface area (Å²) in [5, 5.41) is 0. The summed E-state index contributed by atoms with van der Waals surface area (Å²) in [5.74, 6) is -2.17. The zero-order chi connectivity index (χ0) is 18.9. The van der Waals surface area contributed by atoms with Gasteiger partial charge in [0.1, 0.15) is 0 Å². The Hall–Kier alpha value is -3.16. The van der Waals surface area contributed by atoms with Crippen molar-refractivity contribution < 1.29 is 22.8 Å². The standard InChI is InChI=1S/C18H14F3N3O2/c19-18(20,21)12-6-7-14-13(10-12)15(11-4-2-1-3-5-11)23-8-9-24(14)17(26)16(22)25/h1-7,10H,8-9H2,(H2,22,25). The van der Waals surface area contributed by atoms with Gasteiger partial charge in [-0.2, -0.15) is 13.2 Å². The molecule has 0 saturated heterocycles. The monoisotopic (exact) mass is 361 g/mol. The number of nitrogens with two attached hydrogens (primary N) is 1. The van der Waals surface area contributed by atoms with Crippen LogP contribution in [0.3, 0.4) is 0 Å². The number of rotatable bonds is 1. The molecule has 0 unspecified atom stereocenters. The summed E-state index contributed by atoms with van der Waals surface area (Å²) in [6.07, 6.45) is -4.55. The first-order valence-corrected chi connectivity index (χ1v) is 7.72. The number of carbonyl (C=O) groups excluding carboxylic acids is 2. The Morgan fingerprint density at radius 1 is 1.08 bits per heavy atom. The first kappa shape index (κ1) is 17.7. The molecule has 3 rings (SSSR count). The van der Waals surface area contributed by atoms with E-state index in [0.29, 0.717) is 11.3 Å². The SMILES string of the molecule is NC(=O)C(=O)N1CCN=C(c2ccccc2)c2cc(C(F)(F)F)ccc21. The number of aliphatic imine (C=N–C) groups is 1. The molecule has 0 radical (unpaired) electrons. The average molecular weight is 361 g/mol. The largest absolute Gasteiger partial charge is 0.416 e. The van der Waals surface area contributed by atoms with Crippen molar-refractivity contribution in [3.63, 3.8) is 0 Å². The molecular formula is C18H14F3N3O2. The van der Waals surface area contributed by atoms with E-state index in [1.807, 2.05) is 0 Å². The topological polar surface area (TPSA) is 75.8 Å². The number of alkyl halides is 3. The van der Waals surface area contributed by atoms with Gasteiger partial charge in [0.05, 0.1) is 23.5 Å². The zero-order valence-corrected chi connectivity index (χ0v) is 13.5. The number of fused-ring (bicyclic) bond motifs is 1. The Morgan fingerprint density at radius 3 is 2.38 bits per heavy atom. The molecule has 1 heterocycles. The molecule has 0 atom stereocenters. The van der Waals surface area contributed by atoms with Crippen molar-refractivity contribution in [1.29, 1.82) is 0 Å². The molecule has 0 aliphatic carbocycles. The third-order valence-corrected chi connectivity index (χ3v) is 3.97. The summed E-state index contributed by atoms with van der Waals surface area (Å²) in [4.78, 5) is 28.8. The number of primary amides is 1. The van der Waals surface area contributed by atoms with Gasteiger partial charge in [-0.15, -0.1) is 0 Å². The van der Waals surface area contributed by atoms with Crippen LogP contribution < -0.4 is 10.6 Å². The fourth-order valence-electron chi connectivity index (χ4n) is 2.79. The number of benzene rings is 2. The molecule has 134 valence electrons. The Bertz CT molecular complexity index is 892. The summed E-state index contributed by atoms with van der Waals surface area (Å²) in [5.41, 5.74) is 5.43. The molecule has 26 heavy (non-hydrogen) atoms. The Kier molecular flexibility index (Phi) is 4.50. The minimum atomic E-state index is -4.55. The second-order valence-corrected chi connectivity index (χ2v) is 5.65. The van der Waals surface area contributed by atoms with Crippen molar-refractivity contribution in [2.24, 2.45) is 10.7 Å². The number of amides is 2. The molecule has 5 nitrogen and oxygen atoms in total. The van der Waals surface area contributed by atoms with Crippen LogP contribution >= 0.6 is 0 Å². The predicted molar refractivity (Wildman–Crippen MR) is 89.9 cm³/mol. The lowest BCUT2D eigenvalue weighted by atomic mass is 9.98. The number of hydrogen-bond acceptors (Lipinski definition) is 3. The number of benzodiazepines with no additional fused rings is 1.